The van der Waals surface area contributed by atoms with Gasteiger partial charge >= 0.3 is 5.63 Å². The minimum Gasteiger partial charge on any atom is -0.422 e. The monoisotopic (exact) mass is 796 g/mol. The highest BCUT2D eigenvalue weighted by Gasteiger charge is 2.17. The van der Waals surface area contributed by atoms with Crippen molar-refractivity contribution in [3.63, 3.8) is 0 Å². The molecule has 0 spiro atoms. The summed E-state index contributed by atoms with van der Waals surface area (Å²) in [5.41, 5.74) is 1.04. The van der Waals surface area contributed by atoms with Crippen LogP contribution in [0.5, 0.6) is 0 Å². The van der Waals surface area contributed by atoms with Crippen LogP contribution in [0.25, 0.3) is 11.0 Å². The van der Waals surface area contributed by atoms with Crippen LogP contribution in [0.2, 0.25) is 0 Å². The topological polar surface area (TPSA) is 227 Å². The van der Waals surface area contributed by atoms with Gasteiger partial charge in [-0.25, -0.2) is 31.5 Å². The molecular formula is C38H48N6O9S2. The van der Waals surface area contributed by atoms with Crippen molar-refractivity contribution in [3.05, 3.63) is 99.9 Å². The summed E-state index contributed by atoms with van der Waals surface area (Å²) in [6.07, 6.45) is 3.65. The number of fused-ring (bicyclic) bond motifs is 1. The Labute approximate surface area is 321 Å². The lowest BCUT2D eigenvalue weighted by atomic mass is 10.1. The summed E-state index contributed by atoms with van der Waals surface area (Å²) in [7, 11) is -7.72. The zero-order valence-electron chi connectivity index (χ0n) is 30.9. The molecule has 0 aliphatic heterocycles. The van der Waals surface area contributed by atoms with Crippen molar-refractivity contribution in [2.45, 2.75) is 62.2 Å². The first-order valence-corrected chi connectivity index (χ1v) is 21.2. The summed E-state index contributed by atoms with van der Waals surface area (Å²) < 4.78 is 56.5. The molecular weight excluding hydrogens is 749 g/mol. The molecule has 4 rings (SSSR count). The largest absolute Gasteiger partial charge is 0.422 e. The van der Waals surface area contributed by atoms with E-state index in [1.165, 1.54) is 54.6 Å². The first-order valence-electron chi connectivity index (χ1n) is 18.1. The number of anilines is 1. The summed E-state index contributed by atoms with van der Waals surface area (Å²) in [6.45, 7) is 6.87. The molecule has 0 saturated heterocycles. The third-order valence-electron chi connectivity index (χ3n) is 8.80. The van der Waals surface area contributed by atoms with Crippen LogP contribution >= 0.6 is 0 Å². The Kier molecular flexibility index (Phi) is 15.5. The predicted molar refractivity (Wildman–Crippen MR) is 210 cm³/mol. The minimum atomic E-state index is -3.88. The first kappa shape index (κ1) is 42.6. The van der Waals surface area contributed by atoms with Crippen LogP contribution in [-0.2, 0) is 20.0 Å². The molecule has 0 aliphatic rings. The fourth-order valence-corrected chi connectivity index (χ4v) is 7.33. The van der Waals surface area contributed by atoms with Crippen molar-refractivity contribution in [2.75, 3.05) is 44.2 Å². The van der Waals surface area contributed by atoms with E-state index in [0.29, 0.717) is 74.7 Å². The van der Waals surface area contributed by atoms with Gasteiger partial charge in [0.15, 0.2) is 0 Å². The van der Waals surface area contributed by atoms with Gasteiger partial charge in [-0.15, -0.1) is 0 Å². The Morgan fingerprint density at radius 2 is 1.24 bits per heavy atom. The Morgan fingerprint density at radius 3 is 1.84 bits per heavy atom. The number of hydrogen-bond donors (Lipinski definition) is 5. The number of hydrogen-bond acceptors (Lipinski definition) is 10. The molecule has 0 bridgehead atoms. The van der Waals surface area contributed by atoms with Gasteiger partial charge in [0.1, 0.15) is 11.1 Å². The van der Waals surface area contributed by atoms with Gasteiger partial charge in [-0.1, -0.05) is 12.5 Å². The standard InChI is InChI=1S/C38H48N6O9S2/c1-3-44(4-2)30-17-14-28-25-33(38(48)53-34(28)26-30)37(47)42-22-9-6-10-23-43-55(51,52)32-13-11-12-29(24-32)36(46)41-21-8-5-7-20-40-35(45)27-15-18-31(19-16-27)54(39,49)50/h11-19,24-26,43H,3-10,20-23H2,1-2H3,(H,40,45)(H,41,46)(H,42,47)(H2,39,49,50). The van der Waals surface area contributed by atoms with Crippen molar-refractivity contribution in [2.24, 2.45) is 5.14 Å². The van der Waals surface area contributed by atoms with Gasteiger partial charge in [0, 0.05) is 67.5 Å². The van der Waals surface area contributed by atoms with Gasteiger partial charge in [0.25, 0.3) is 17.7 Å². The molecule has 0 fully saturated rings. The number of sulfonamides is 2. The van der Waals surface area contributed by atoms with Gasteiger partial charge in [0.2, 0.25) is 20.0 Å². The lowest BCUT2D eigenvalue weighted by molar-refractivity contribution is 0.0941. The first-order chi connectivity index (χ1) is 26.2. The van der Waals surface area contributed by atoms with Crippen LogP contribution in [0.15, 0.2) is 91.8 Å². The number of unbranched alkanes of at least 4 members (excludes halogenated alkanes) is 4. The molecule has 0 unspecified atom stereocenters. The summed E-state index contributed by atoms with van der Waals surface area (Å²) in [5, 5.41) is 14.0. The number of carbonyl (C=O) groups excluding carboxylic acids is 3. The minimum absolute atomic E-state index is 0.0408. The highest BCUT2D eigenvalue weighted by atomic mass is 32.2. The molecule has 17 heteroatoms. The molecule has 0 radical (unpaired) electrons. The molecule has 4 aromatic rings. The molecule has 15 nitrogen and oxygen atoms in total. The van der Waals surface area contributed by atoms with Crippen molar-refractivity contribution in [3.8, 4) is 0 Å². The van der Waals surface area contributed by atoms with Crippen LogP contribution in [0.3, 0.4) is 0 Å². The van der Waals surface area contributed by atoms with E-state index in [4.69, 9.17) is 9.56 Å². The summed E-state index contributed by atoms with van der Waals surface area (Å²) in [5.74, 6) is -1.30. The van der Waals surface area contributed by atoms with E-state index in [2.05, 4.69) is 25.6 Å². The van der Waals surface area contributed by atoms with Gasteiger partial charge < -0.3 is 25.3 Å². The number of nitrogens with zero attached hydrogens (tertiary/aromatic N) is 1. The van der Waals surface area contributed by atoms with E-state index in [0.717, 1.165) is 18.8 Å². The fraction of sp³-hybridized carbons (Fsp3) is 0.368. The van der Waals surface area contributed by atoms with E-state index in [-0.39, 0.29) is 33.4 Å². The van der Waals surface area contributed by atoms with E-state index in [1.807, 2.05) is 26.0 Å². The second-order valence-electron chi connectivity index (χ2n) is 12.7. The maximum atomic E-state index is 12.9. The van der Waals surface area contributed by atoms with Gasteiger partial charge in [-0.3, -0.25) is 14.4 Å². The predicted octanol–water partition coefficient (Wildman–Crippen LogP) is 3.50. The normalized spacial score (nSPS) is 11.6. The number of rotatable bonds is 21. The van der Waals surface area contributed by atoms with Crippen LogP contribution in [0, 0.1) is 0 Å². The molecule has 55 heavy (non-hydrogen) atoms. The zero-order valence-corrected chi connectivity index (χ0v) is 32.6. The average Bonchev–Trinajstić information content (AvgIpc) is 3.16. The number of nitrogens with one attached hydrogen (secondary N) is 4. The van der Waals surface area contributed by atoms with Crippen LogP contribution in [0.1, 0.15) is 83.4 Å². The van der Waals surface area contributed by atoms with Gasteiger partial charge in [-0.2, -0.15) is 0 Å². The Morgan fingerprint density at radius 1 is 0.655 bits per heavy atom. The summed E-state index contributed by atoms with van der Waals surface area (Å²) in [4.78, 5) is 52.2. The number of primary sulfonamides is 1. The van der Waals surface area contributed by atoms with Crippen LogP contribution < -0.4 is 36.3 Å². The van der Waals surface area contributed by atoms with Crippen molar-refractivity contribution in [1.29, 1.82) is 0 Å². The quantitative estimate of drug-likeness (QED) is 0.0609. The highest BCUT2D eigenvalue weighted by molar-refractivity contribution is 7.89. The van der Waals surface area contributed by atoms with Gasteiger partial charge in [0.05, 0.1) is 9.79 Å². The Hall–Kier alpha value is -5.10. The van der Waals surface area contributed by atoms with E-state index >= 15 is 0 Å². The number of benzene rings is 3. The molecule has 1 aromatic heterocycles. The SMILES string of the molecule is CCN(CC)c1ccc2cc(C(=O)NCCCCCNS(=O)(=O)c3cccc(C(=O)NCCCCCNC(=O)c4ccc(S(N)(=O)=O)cc4)c3)c(=O)oc2c1. The summed E-state index contributed by atoms with van der Waals surface area (Å²) >= 11 is 0. The van der Waals surface area contributed by atoms with Crippen molar-refractivity contribution < 1.29 is 35.6 Å². The average molecular weight is 797 g/mol. The molecule has 3 aromatic carbocycles. The Balaban J connectivity index is 1.11. The number of amides is 3. The van der Waals surface area contributed by atoms with E-state index in [1.54, 1.807) is 6.07 Å². The maximum Gasteiger partial charge on any atom is 0.349 e. The smallest absolute Gasteiger partial charge is 0.349 e. The fourth-order valence-electron chi connectivity index (χ4n) is 5.69. The van der Waals surface area contributed by atoms with Crippen molar-refractivity contribution in [1.82, 2.24) is 20.7 Å². The molecule has 0 saturated carbocycles. The molecule has 1 heterocycles. The molecule has 296 valence electrons. The third kappa shape index (κ3) is 12.5. The lowest BCUT2D eigenvalue weighted by Crippen LogP contribution is -2.29. The maximum absolute atomic E-state index is 12.9. The summed E-state index contributed by atoms with van der Waals surface area (Å²) in [6, 6.07) is 18.1. The second kappa shape index (κ2) is 20.0. The number of carbonyl (C=O) groups is 3. The number of nitrogens with two attached hydrogens (primary N) is 1. The third-order valence-corrected chi connectivity index (χ3v) is 11.2. The molecule has 0 atom stereocenters. The van der Waals surface area contributed by atoms with Crippen LogP contribution in [0.4, 0.5) is 5.69 Å². The van der Waals surface area contributed by atoms with Crippen molar-refractivity contribution >= 4 is 54.4 Å². The molecule has 3 amide bonds. The van der Waals surface area contributed by atoms with E-state index < -0.39 is 37.5 Å². The van der Waals surface area contributed by atoms with Crippen LogP contribution in [-0.4, -0.2) is 73.8 Å². The highest BCUT2D eigenvalue weighted by Crippen LogP contribution is 2.22. The van der Waals surface area contributed by atoms with E-state index in [9.17, 15) is 36.0 Å². The second-order valence-corrected chi connectivity index (χ2v) is 16.1. The van der Waals surface area contributed by atoms with Gasteiger partial charge in [-0.05, 0) is 107 Å². The molecule has 0 aliphatic carbocycles. The Bertz CT molecular complexity index is 2240. The zero-order chi connectivity index (χ0) is 40.0. The molecule has 6 N–H and O–H groups in total. The lowest BCUT2D eigenvalue weighted by Gasteiger charge is -2.21.